The van der Waals surface area contributed by atoms with Crippen LogP contribution >= 0.6 is 0 Å². The first-order valence-electron chi connectivity index (χ1n) is 9.33. The molecule has 1 amide bonds. The molecule has 2 aromatic heterocycles. The predicted octanol–water partition coefficient (Wildman–Crippen LogP) is 0.573. The van der Waals surface area contributed by atoms with Crippen molar-refractivity contribution in [2.75, 3.05) is 13.1 Å². The summed E-state index contributed by atoms with van der Waals surface area (Å²) >= 11 is 0. The maximum Gasteiger partial charge on any atom is 0.343 e. The van der Waals surface area contributed by atoms with Crippen molar-refractivity contribution in [1.82, 2.24) is 39.9 Å². The van der Waals surface area contributed by atoms with Crippen LogP contribution in [0.15, 0.2) is 41.5 Å². The Bertz CT molecular complexity index is 971. The van der Waals surface area contributed by atoms with Crippen LogP contribution in [0, 0.1) is 0 Å². The number of benzene rings is 1. The minimum absolute atomic E-state index is 0.00514. The van der Waals surface area contributed by atoms with Crippen molar-refractivity contribution in [3.8, 4) is 0 Å². The van der Waals surface area contributed by atoms with E-state index in [1.54, 1.807) is 11.5 Å². The topological polar surface area (TPSA) is 115 Å². The van der Waals surface area contributed by atoms with Crippen LogP contribution in [-0.2, 0) is 11.3 Å². The van der Waals surface area contributed by atoms with Crippen molar-refractivity contribution in [2.45, 2.75) is 38.3 Å². The smallest absolute Gasteiger partial charge is 0.341 e. The third kappa shape index (κ3) is 3.57. The van der Waals surface area contributed by atoms with Crippen LogP contribution in [-0.4, -0.2) is 58.9 Å². The Morgan fingerprint density at radius 2 is 2.00 bits per heavy atom. The van der Waals surface area contributed by atoms with E-state index in [0.717, 1.165) is 24.2 Å². The number of amides is 1. The fourth-order valence-electron chi connectivity index (χ4n) is 3.64. The van der Waals surface area contributed by atoms with Crippen LogP contribution in [0.25, 0.3) is 0 Å². The van der Waals surface area contributed by atoms with Crippen molar-refractivity contribution in [3.63, 3.8) is 0 Å². The molecular weight excluding hydrogens is 360 g/mol. The number of aromatic amines is 1. The average Bonchev–Trinajstić information content (AvgIpc) is 3.39. The van der Waals surface area contributed by atoms with Crippen molar-refractivity contribution >= 4 is 5.91 Å². The van der Waals surface area contributed by atoms with Gasteiger partial charge in [-0.3, -0.25) is 9.36 Å². The Hall–Kier alpha value is -3.30. The molecule has 10 nitrogen and oxygen atoms in total. The van der Waals surface area contributed by atoms with E-state index < -0.39 is 6.04 Å². The standard InChI is InChI=1S/C18H22N8O2/c1-13(26-12-19-22-23-26)17(27)24-9-7-15(8-10-24)16-20-21-18(28)25(16)11-14-5-3-2-4-6-14/h2-6,12-13,15H,7-11H2,1H3,(H,21,28)/t13-/m0/s1. The molecule has 3 heterocycles. The predicted molar refractivity (Wildman–Crippen MR) is 99.5 cm³/mol. The number of hydrogen-bond donors (Lipinski definition) is 1. The monoisotopic (exact) mass is 382 g/mol. The molecule has 1 fully saturated rings. The quantitative estimate of drug-likeness (QED) is 0.690. The van der Waals surface area contributed by atoms with Gasteiger partial charge in [0.15, 0.2) is 0 Å². The maximum absolute atomic E-state index is 12.7. The van der Waals surface area contributed by atoms with E-state index >= 15 is 0 Å². The second-order valence-electron chi connectivity index (χ2n) is 7.02. The van der Waals surface area contributed by atoms with Crippen LogP contribution in [0.5, 0.6) is 0 Å². The molecule has 146 valence electrons. The molecule has 1 aliphatic rings. The summed E-state index contributed by atoms with van der Waals surface area (Å²) in [5, 5.41) is 17.8. The zero-order chi connectivity index (χ0) is 19.5. The first-order valence-corrected chi connectivity index (χ1v) is 9.33. The van der Waals surface area contributed by atoms with Gasteiger partial charge in [0.25, 0.3) is 0 Å². The van der Waals surface area contributed by atoms with E-state index in [4.69, 9.17) is 0 Å². The molecule has 28 heavy (non-hydrogen) atoms. The van der Waals surface area contributed by atoms with Crippen molar-refractivity contribution in [3.05, 3.63) is 58.5 Å². The molecule has 1 aliphatic heterocycles. The summed E-state index contributed by atoms with van der Waals surface area (Å²) in [6.45, 7) is 3.50. The van der Waals surface area contributed by atoms with E-state index in [9.17, 15) is 9.59 Å². The van der Waals surface area contributed by atoms with E-state index in [-0.39, 0.29) is 17.5 Å². The maximum atomic E-state index is 12.7. The van der Waals surface area contributed by atoms with Gasteiger partial charge in [0.05, 0.1) is 6.54 Å². The molecule has 1 saturated heterocycles. The van der Waals surface area contributed by atoms with Gasteiger partial charge in [-0.05, 0) is 35.8 Å². The fourth-order valence-corrected chi connectivity index (χ4v) is 3.64. The molecule has 0 radical (unpaired) electrons. The Morgan fingerprint density at radius 3 is 2.68 bits per heavy atom. The minimum Gasteiger partial charge on any atom is -0.341 e. The largest absolute Gasteiger partial charge is 0.343 e. The second-order valence-corrected chi connectivity index (χ2v) is 7.02. The zero-order valence-electron chi connectivity index (χ0n) is 15.6. The molecular formula is C18H22N8O2. The highest BCUT2D eigenvalue weighted by Crippen LogP contribution is 2.27. The van der Waals surface area contributed by atoms with Crippen molar-refractivity contribution in [2.24, 2.45) is 0 Å². The van der Waals surface area contributed by atoms with Crippen LogP contribution in [0.3, 0.4) is 0 Å². The third-order valence-electron chi connectivity index (χ3n) is 5.26. The number of aromatic nitrogens is 7. The number of carbonyl (C=O) groups is 1. The lowest BCUT2D eigenvalue weighted by molar-refractivity contribution is -0.135. The summed E-state index contributed by atoms with van der Waals surface area (Å²) < 4.78 is 3.15. The number of rotatable bonds is 5. The van der Waals surface area contributed by atoms with Crippen LogP contribution in [0.1, 0.15) is 43.1 Å². The summed E-state index contributed by atoms with van der Waals surface area (Å²) in [5.74, 6) is 0.888. The first kappa shape index (κ1) is 18.1. The number of hydrogen-bond acceptors (Lipinski definition) is 6. The SMILES string of the molecule is C[C@@H](C(=O)N1CCC(c2n[nH]c(=O)n2Cc2ccccc2)CC1)n1cnnn1. The molecule has 0 bridgehead atoms. The summed E-state index contributed by atoms with van der Waals surface area (Å²) in [6, 6.07) is 9.40. The van der Waals surface area contributed by atoms with E-state index in [0.29, 0.717) is 19.6 Å². The van der Waals surface area contributed by atoms with Gasteiger partial charge < -0.3 is 4.90 Å². The number of nitrogens with one attached hydrogen (secondary N) is 1. The Balaban J connectivity index is 1.43. The van der Waals surface area contributed by atoms with Crippen molar-refractivity contribution < 1.29 is 4.79 Å². The Labute approximate surface area is 161 Å². The molecule has 0 aliphatic carbocycles. The number of H-pyrrole nitrogens is 1. The van der Waals surface area contributed by atoms with Gasteiger partial charge >= 0.3 is 5.69 Å². The van der Waals surface area contributed by atoms with Gasteiger partial charge in [0.1, 0.15) is 18.2 Å². The van der Waals surface area contributed by atoms with Gasteiger partial charge in [-0.15, -0.1) is 5.10 Å². The molecule has 10 heteroatoms. The fraction of sp³-hybridized carbons (Fsp3) is 0.444. The highest BCUT2D eigenvalue weighted by molar-refractivity contribution is 5.80. The highest BCUT2D eigenvalue weighted by Gasteiger charge is 2.30. The molecule has 1 aromatic carbocycles. The lowest BCUT2D eigenvalue weighted by Gasteiger charge is -2.33. The van der Waals surface area contributed by atoms with Gasteiger partial charge in [0, 0.05) is 19.0 Å². The molecule has 1 atom stereocenters. The van der Waals surface area contributed by atoms with Gasteiger partial charge in [0.2, 0.25) is 5.91 Å². The molecule has 0 spiro atoms. The number of likely N-dealkylation sites (tertiary alicyclic amines) is 1. The Kier molecular flexibility index (Phi) is 5.00. The number of nitrogens with zero attached hydrogens (tertiary/aromatic N) is 7. The van der Waals surface area contributed by atoms with E-state index in [1.165, 1.54) is 11.0 Å². The lowest BCUT2D eigenvalue weighted by Crippen LogP contribution is -2.42. The number of piperidine rings is 1. The summed E-state index contributed by atoms with van der Waals surface area (Å²) in [7, 11) is 0. The zero-order valence-corrected chi connectivity index (χ0v) is 15.6. The van der Waals surface area contributed by atoms with Gasteiger partial charge in [-0.25, -0.2) is 14.6 Å². The van der Waals surface area contributed by atoms with Gasteiger partial charge in [-0.1, -0.05) is 30.3 Å². The summed E-state index contributed by atoms with van der Waals surface area (Å²) in [6.07, 6.45) is 2.96. The van der Waals surface area contributed by atoms with E-state index in [1.807, 2.05) is 35.2 Å². The van der Waals surface area contributed by atoms with Gasteiger partial charge in [-0.2, -0.15) is 5.10 Å². The molecule has 3 aromatic rings. The second kappa shape index (κ2) is 7.75. The van der Waals surface area contributed by atoms with Crippen molar-refractivity contribution in [1.29, 1.82) is 0 Å². The first-order chi connectivity index (χ1) is 13.6. The number of tetrazole rings is 1. The minimum atomic E-state index is -0.437. The lowest BCUT2D eigenvalue weighted by atomic mass is 9.95. The highest BCUT2D eigenvalue weighted by atomic mass is 16.2. The Morgan fingerprint density at radius 1 is 1.25 bits per heavy atom. The molecule has 0 saturated carbocycles. The average molecular weight is 382 g/mol. The summed E-state index contributed by atoms with van der Waals surface area (Å²) in [5.41, 5.74) is 0.847. The van der Waals surface area contributed by atoms with Crippen LogP contribution < -0.4 is 5.69 Å². The van der Waals surface area contributed by atoms with Crippen LogP contribution in [0.2, 0.25) is 0 Å². The molecule has 0 unspecified atom stereocenters. The van der Waals surface area contributed by atoms with E-state index in [2.05, 4.69) is 25.7 Å². The number of carbonyl (C=O) groups excluding carboxylic acids is 1. The third-order valence-corrected chi connectivity index (χ3v) is 5.26. The van der Waals surface area contributed by atoms with Crippen LogP contribution in [0.4, 0.5) is 0 Å². The molecule has 4 rings (SSSR count). The summed E-state index contributed by atoms with van der Waals surface area (Å²) in [4.78, 5) is 26.8. The normalized spacial score (nSPS) is 16.2. The molecule has 1 N–H and O–H groups in total.